The van der Waals surface area contributed by atoms with E-state index >= 15 is 0 Å². The van der Waals surface area contributed by atoms with E-state index < -0.39 is 0 Å². The Balaban J connectivity index is 1.44. The Morgan fingerprint density at radius 2 is 1.82 bits per heavy atom. The van der Waals surface area contributed by atoms with Crippen LogP contribution >= 0.6 is 0 Å². The Labute approximate surface area is 161 Å². The lowest BCUT2D eigenvalue weighted by Crippen LogP contribution is -2.43. The largest absolute Gasteiger partial charge is 0.346 e. The molecule has 0 unspecified atom stereocenters. The second kappa shape index (κ2) is 6.70. The number of carbonyl (C=O) groups excluding carboxylic acids is 1. The smallest absolute Gasteiger partial charge is 0.330 e. The van der Waals surface area contributed by atoms with Crippen LogP contribution in [-0.4, -0.2) is 47.2 Å². The lowest BCUT2D eigenvalue weighted by molar-refractivity contribution is 0.0664. The summed E-state index contributed by atoms with van der Waals surface area (Å²) >= 11 is 0. The molecule has 2 aromatic heterocycles. The predicted octanol–water partition coefficient (Wildman–Crippen LogP) is 1.11. The van der Waals surface area contributed by atoms with Gasteiger partial charge in [0.1, 0.15) is 12.2 Å². The molecule has 2 bridgehead atoms. The van der Waals surface area contributed by atoms with E-state index in [0.717, 1.165) is 24.2 Å². The summed E-state index contributed by atoms with van der Waals surface area (Å²) < 4.78 is 3.28. The minimum Gasteiger partial charge on any atom is -0.330 e. The average molecular weight is 376 g/mol. The highest BCUT2D eigenvalue weighted by Crippen LogP contribution is 2.31. The molecule has 0 aliphatic carbocycles. The van der Waals surface area contributed by atoms with E-state index in [1.165, 1.54) is 11.0 Å². The number of fused-ring (bicyclic) bond motifs is 3. The van der Waals surface area contributed by atoms with Crippen molar-refractivity contribution < 1.29 is 4.79 Å². The first-order chi connectivity index (χ1) is 13.7. The van der Waals surface area contributed by atoms with Crippen LogP contribution in [0.3, 0.4) is 0 Å². The highest BCUT2D eigenvalue weighted by Gasteiger charge is 2.41. The number of amides is 1. The van der Waals surface area contributed by atoms with Gasteiger partial charge >= 0.3 is 5.69 Å². The molecule has 4 heterocycles. The zero-order valence-electron chi connectivity index (χ0n) is 15.3. The predicted molar refractivity (Wildman–Crippen MR) is 101 cm³/mol. The average Bonchev–Trinajstić information content (AvgIpc) is 3.18. The number of nitrogens with zero attached hydrogens (tertiary/aromatic N) is 6. The number of aromatic nitrogens is 5. The van der Waals surface area contributed by atoms with Gasteiger partial charge in [0.05, 0.1) is 18.2 Å². The number of hydrogen-bond acceptors (Lipinski definition) is 5. The van der Waals surface area contributed by atoms with E-state index in [9.17, 15) is 9.59 Å². The monoisotopic (exact) mass is 376 g/mol. The molecule has 2 aliphatic heterocycles. The molecule has 2 aliphatic rings. The van der Waals surface area contributed by atoms with Crippen LogP contribution < -0.4 is 5.69 Å². The fourth-order valence-corrected chi connectivity index (χ4v) is 4.33. The van der Waals surface area contributed by atoms with Crippen molar-refractivity contribution in [3.05, 3.63) is 76.5 Å². The summed E-state index contributed by atoms with van der Waals surface area (Å²) in [5.74, 6) is 0.693. The molecule has 8 nitrogen and oxygen atoms in total. The number of rotatable bonds is 3. The molecule has 8 heteroatoms. The van der Waals surface area contributed by atoms with Crippen molar-refractivity contribution in [1.82, 2.24) is 29.2 Å². The van der Waals surface area contributed by atoms with E-state index in [0.29, 0.717) is 25.1 Å². The summed E-state index contributed by atoms with van der Waals surface area (Å²) in [6, 6.07) is 9.88. The molecule has 3 aromatic rings. The summed E-state index contributed by atoms with van der Waals surface area (Å²) in [7, 11) is 0. The first kappa shape index (κ1) is 16.9. The van der Waals surface area contributed by atoms with Gasteiger partial charge in [-0.25, -0.2) is 19.4 Å². The number of carbonyl (C=O) groups is 1. The van der Waals surface area contributed by atoms with Crippen LogP contribution in [0.4, 0.5) is 0 Å². The zero-order valence-corrected chi connectivity index (χ0v) is 15.3. The summed E-state index contributed by atoms with van der Waals surface area (Å²) in [5.41, 5.74) is 1.42. The number of benzene rings is 1. The maximum atomic E-state index is 13.0. The molecule has 0 spiro atoms. The molecule has 0 N–H and O–H groups in total. The maximum Gasteiger partial charge on any atom is 0.346 e. The highest BCUT2D eigenvalue weighted by atomic mass is 16.2. The molecule has 1 aromatic carbocycles. The van der Waals surface area contributed by atoms with Gasteiger partial charge < -0.3 is 4.90 Å². The molecule has 0 radical (unpaired) electrons. The van der Waals surface area contributed by atoms with Crippen LogP contribution in [0.2, 0.25) is 0 Å². The third kappa shape index (κ3) is 2.81. The van der Waals surface area contributed by atoms with Crippen LogP contribution in [0.25, 0.3) is 0 Å². The van der Waals surface area contributed by atoms with Crippen molar-refractivity contribution >= 4 is 5.91 Å². The van der Waals surface area contributed by atoms with Crippen LogP contribution in [0, 0.1) is 0 Å². The van der Waals surface area contributed by atoms with Crippen LogP contribution in [0.1, 0.15) is 34.6 Å². The van der Waals surface area contributed by atoms with E-state index in [1.807, 2.05) is 35.2 Å². The maximum absolute atomic E-state index is 13.0. The van der Waals surface area contributed by atoms with E-state index in [4.69, 9.17) is 0 Å². The molecule has 5 rings (SSSR count). The van der Waals surface area contributed by atoms with Gasteiger partial charge in [-0.3, -0.25) is 9.36 Å². The van der Waals surface area contributed by atoms with Gasteiger partial charge in [-0.2, -0.15) is 5.10 Å². The van der Waals surface area contributed by atoms with Gasteiger partial charge in [0.15, 0.2) is 0 Å². The minimum atomic E-state index is -0.109. The number of hydrogen-bond donors (Lipinski definition) is 0. The normalized spacial score (nSPS) is 20.6. The van der Waals surface area contributed by atoms with Crippen molar-refractivity contribution in [3.63, 3.8) is 0 Å². The van der Waals surface area contributed by atoms with Crippen molar-refractivity contribution in [2.75, 3.05) is 0 Å². The van der Waals surface area contributed by atoms with Crippen molar-refractivity contribution in [3.8, 4) is 0 Å². The lowest BCUT2D eigenvalue weighted by Gasteiger charge is -2.27. The highest BCUT2D eigenvalue weighted by molar-refractivity contribution is 5.94. The Kier molecular flexibility index (Phi) is 4.03. The summed E-state index contributed by atoms with van der Waals surface area (Å²) in [6.45, 7) is 0.942. The summed E-state index contributed by atoms with van der Waals surface area (Å²) in [4.78, 5) is 35.8. The molecule has 0 saturated carbocycles. The van der Waals surface area contributed by atoms with E-state index in [1.54, 1.807) is 17.0 Å². The van der Waals surface area contributed by atoms with Crippen LogP contribution in [-0.2, 0) is 19.5 Å². The summed E-state index contributed by atoms with van der Waals surface area (Å²) in [6.07, 6.45) is 6.91. The fraction of sp³-hybridized carbons (Fsp3) is 0.350. The molecule has 2 atom stereocenters. The van der Waals surface area contributed by atoms with Crippen LogP contribution in [0.15, 0.2) is 53.8 Å². The van der Waals surface area contributed by atoms with Gasteiger partial charge in [0.25, 0.3) is 5.91 Å². The molecule has 1 saturated heterocycles. The minimum absolute atomic E-state index is 0.00830. The second-order valence-electron chi connectivity index (χ2n) is 7.38. The lowest BCUT2D eigenvalue weighted by atomic mass is 10.1. The Morgan fingerprint density at radius 3 is 2.61 bits per heavy atom. The van der Waals surface area contributed by atoms with Gasteiger partial charge in [-0.1, -0.05) is 30.3 Å². The van der Waals surface area contributed by atoms with E-state index in [-0.39, 0.29) is 23.7 Å². The zero-order chi connectivity index (χ0) is 19.1. The van der Waals surface area contributed by atoms with E-state index in [2.05, 4.69) is 15.1 Å². The SMILES string of the molecule is O=C(c1cncnc1)N1[C@@H]2CC[C@H]1Cc1nn(Cc3ccccc3)c(=O)n1C2. The van der Waals surface area contributed by atoms with Gasteiger partial charge in [-0.15, -0.1) is 0 Å². The van der Waals surface area contributed by atoms with Crippen molar-refractivity contribution in [2.45, 2.75) is 44.4 Å². The second-order valence-corrected chi connectivity index (χ2v) is 7.38. The fourth-order valence-electron chi connectivity index (χ4n) is 4.33. The Morgan fingerprint density at radius 1 is 1.07 bits per heavy atom. The van der Waals surface area contributed by atoms with Gasteiger partial charge in [0.2, 0.25) is 0 Å². The Hall–Kier alpha value is -3.29. The molecular formula is C20H20N6O2. The standard InChI is InChI=1S/C20H20N6O2/c27-19(15-9-21-13-22-10-15)26-16-6-7-17(26)12-24-18(8-16)23-25(20(24)28)11-14-4-2-1-3-5-14/h1-5,9-10,13,16-17H,6-8,11-12H2/t16-,17+/m0/s1. The van der Waals surface area contributed by atoms with Crippen molar-refractivity contribution in [2.24, 2.45) is 0 Å². The first-order valence-electron chi connectivity index (χ1n) is 9.49. The molecule has 1 amide bonds. The summed E-state index contributed by atoms with van der Waals surface area (Å²) in [5, 5.41) is 4.60. The molecule has 1 fully saturated rings. The van der Waals surface area contributed by atoms with Crippen molar-refractivity contribution in [1.29, 1.82) is 0 Å². The third-order valence-corrected chi connectivity index (χ3v) is 5.65. The quantitative estimate of drug-likeness (QED) is 0.684. The first-order valence-corrected chi connectivity index (χ1v) is 9.49. The molecular weight excluding hydrogens is 356 g/mol. The molecule has 28 heavy (non-hydrogen) atoms. The Bertz CT molecular complexity index is 1060. The van der Waals surface area contributed by atoms with Gasteiger partial charge in [0, 0.05) is 31.4 Å². The molecule has 142 valence electrons. The topological polar surface area (TPSA) is 85.9 Å². The van der Waals surface area contributed by atoms with Gasteiger partial charge in [-0.05, 0) is 18.4 Å². The third-order valence-electron chi connectivity index (χ3n) is 5.65. The van der Waals surface area contributed by atoms with Crippen LogP contribution in [0.5, 0.6) is 0 Å².